The molecule has 0 N–H and O–H groups in total. The monoisotopic (exact) mass is 413 g/mol. The molecule has 4 rings (SSSR count). The number of para-hydroxylation sites is 1. The van der Waals surface area contributed by atoms with Crippen molar-refractivity contribution >= 4 is 35.0 Å². The van der Waals surface area contributed by atoms with Gasteiger partial charge < -0.3 is 0 Å². The van der Waals surface area contributed by atoms with Gasteiger partial charge in [-0.25, -0.2) is 4.68 Å². The number of rotatable bonds is 3. The zero-order chi connectivity index (χ0) is 20.0. The predicted octanol–water partition coefficient (Wildman–Crippen LogP) is 4.30. The molecule has 0 unspecified atom stereocenters. The molecule has 0 aliphatic carbocycles. The van der Waals surface area contributed by atoms with E-state index >= 15 is 0 Å². The fourth-order valence-corrected chi connectivity index (χ4v) is 5.02. The quantitative estimate of drug-likeness (QED) is 0.643. The average Bonchev–Trinajstić information content (AvgIpc) is 3.09. The number of aromatic nitrogens is 2. The molecule has 5 nitrogen and oxygen atoms in total. The van der Waals surface area contributed by atoms with Gasteiger partial charge in [0.05, 0.1) is 16.6 Å². The number of carbonyl (C=O) groups is 1. The minimum Gasteiger partial charge on any atom is -0.288 e. The summed E-state index contributed by atoms with van der Waals surface area (Å²) in [5, 5.41) is 0.0731. The highest BCUT2D eigenvalue weighted by Crippen LogP contribution is 2.45. The number of hydrogen-bond acceptors (Lipinski definition) is 3. The molecule has 0 radical (unpaired) electrons. The number of thioether (sulfide) groups is 1. The molecule has 2 aromatic carbocycles. The third-order valence-electron chi connectivity index (χ3n) is 5.05. The summed E-state index contributed by atoms with van der Waals surface area (Å²) in [5.74, 6) is -0.0685. The van der Waals surface area contributed by atoms with E-state index in [1.165, 1.54) is 11.8 Å². The second-order valence-electron chi connectivity index (χ2n) is 6.80. The molecule has 0 saturated carbocycles. The topological polar surface area (TPSA) is 47.2 Å². The Balaban J connectivity index is 1.89. The number of amides is 1. The van der Waals surface area contributed by atoms with Crippen LogP contribution in [0.2, 0.25) is 5.02 Å². The minimum absolute atomic E-state index is 0.0685. The lowest BCUT2D eigenvalue weighted by Crippen LogP contribution is -2.34. The fraction of sp³-hybridized carbons (Fsp3) is 0.238. The zero-order valence-corrected chi connectivity index (χ0v) is 17.4. The van der Waals surface area contributed by atoms with E-state index in [1.807, 2.05) is 69.4 Å². The number of benzene rings is 2. The maximum Gasteiger partial charge on any atom is 0.295 e. The van der Waals surface area contributed by atoms with Crippen LogP contribution >= 0.6 is 23.4 Å². The van der Waals surface area contributed by atoms with E-state index in [9.17, 15) is 9.59 Å². The molecular formula is C21H20ClN3O2S. The maximum atomic E-state index is 13.4. The van der Waals surface area contributed by atoms with E-state index in [2.05, 4.69) is 0 Å². The van der Waals surface area contributed by atoms with E-state index < -0.39 is 0 Å². The van der Waals surface area contributed by atoms with Crippen LogP contribution in [-0.4, -0.2) is 20.5 Å². The second kappa shape index (κ2) is 7.18. The van der Waals surface area contributed by atoms with Crippen LogP contribution in [-0.2, 0) is 11.8 Å². The van der Waals surface area contributed by atoms with E-state index in [0.29, 0.717) is 10.7 Å². The molecule has 144 valence electrons. The summed E-state index contributed by atoms with van der Waals surface area (Å²) in [7, 11) is 1.83. The average molecular weight is 414 g/mol. The Labute approximate surface area is 172 Å². The Kier molecular flexibility index (Phi) is 4.85. The Hall–Kier alpha value is -2.44. The molecule has 1 aromatic heterocycles. The lowest BCUT2D eigenvalue weighted by atomic mass is 10.2. The summed E-state index contributed by atoms with van der Waals surface area (Å²) in [5.41, 5.74) is 2.61. The second-order valence-corrected chi connectivity index (χ2v) is 8.67. The van der Waals surface area contributed by atoms with Gasteiger partial charge in [0, 0.05) is 12.1 Å². The Morgan fingerprint density at radius 2 is 1.75 bits per heavy atom. The van der Waals surface area contributed by atoms with Gasteiger partial charge in [-0.2, -0.15) is 0 Å². The van der Waals surface area contributed by atoms with Crippen LogP contribution in [0, 0.1) is 6.92 Å². The van der Waals surface area contributed by atoms with Gasteiger partial charge in [0.25, 0.3) is 5.56 Å². The molecular weight excluding hydrogens is 394 g/mol. The standard InChI is InChI=1S/C21H20ClN3O2S/c1-13-18(20(27)25(23(13)3)17-10-5-4-6-11-17)24-19(26)14(2)28-21(24)15-8-7-9-16(22)12-15/h4-12,14,21H,1-3H3/t14-,21+/m0/s1. The summed E-state index contributed by atoms with van der Waals surface area (Å²) >= 11 is 7.71. The summed E-state index contributed by atoms with van der Waals surface area (Å²) < 4.78 is 3.39. The highest BCUT2D eigenvalue weighted by Gasteiger charge is 2.42. The summed E-state index contributed by atoms with van der Waals surface area (Å²) in [6, 6.07) is 16.9. The van der Waals surface area contributed by atoms with E-state index in [0.717, 1.165) is 16.9 Å². The summed E-state index contributed by atoms with van der Waals surface area (Å²) in [4.78, 5) is 28.1. The molecule has 1 saturated heterocycles. The van der Waals surface area contributed by atoms with Crippen molar-refractivity contribution < 1.29 is 4.79 Å². The van der Waals surface area contributed by atoms with Gasteiger partial charge in [0.2, 0.25) is 5.91 Å². The molecule has 0 bridgehead atoms. The van der Waals surface area contributed by atoms with Gasteiger partial charge in [-0.1, -0.05) is 41.9 Å². The zero-order valence-electron chi connectivity index (χ0n) is 15.8. The van der Waals surface area contributed by atoms with Crippen LogP contribution in [0.5, 0.6) is 0 Å². The van der Waals surface area contributed by atoms with Crippen molar-refractivity contribution in [1.82, 2.24) is 9.36 Å². The smallest absolute Gasteiger partial charge is 0.288 e. The third kappa shape index (κ3) is 2.97. The van der Waals surface area contributed by atoms with Crippen LogP contribution in [0.25, 0.3) is 5.69 Å². The molecule has 0 spiro atoms. The normalized spacial score (nSPS) is 19.4. The highest BCUT2D eigenvalue weighted by molar-refractivity contribution is 8.01. The van der Waals surface area contributed by atoms with Crippen molar-refractivity contribution in [2.24, 2.45) is 7.05 Å². The number of nitrogens with zero attached hydrogens (tertiary/aromatic N) is 3. The first-order valence-electron chi connectivity index (χ1n) is 8.98. The van der Waals surface area contributed by atoms with Crippen LogP contribution in [0.15, 0.2) is 59.4 Å². The summed E-state index contributed by atoms with van der Waals surface area (Å²) in [6.07, 6.45) is 0. The maximum absolute atomic E-state index is 13.4. The molecule has 7 heteroatoms. The van der Waals surface area contributed by atoms with Crippen molar-refractivity contribution in [2.75, 3.05) is 4.90 Å². The summed E-state index contributed by atoms with van der Waals surface area (Å²) in [6.45, 7) is 3.74. The molecule has 28 heavy (non-hydrogen) atoms. The lowest BCUT2D eigenvalue weighted by molar-refractivity contribution is -0.117. The van der Waals surface area contributed by atoms with Crippen molar-refractivity contribution in [1.29, 1.82) is 0 Å². The first-order valence-corrected chi connectivity index (χ1v) is 10.3. The molecule has 1 aliphatic heterocycles. The molecule has 2 atom stereocenters. The Morgan fingerprint density at radius 3 is 2.43 bits per heavy atom. The Morgan fingerprint density at radius 1 is 1.04 bits per heavy atom. The van der Waals surface area contributed by atoms with Crippen molar-refractivity contribution in [3.8, 4) is 5.69 Å². The highest BCUT2D eigenvalue weighted by atomic mass is 35.5. The van der Waals surface area contributed by atoms with Gasteiger partial charge >= 0.3 is 0 Å². The van der Waals surface area contributed by atoms with E-state index in [4.69, 9.17) is 11.6 Å². The lowest BCUT2D eigenvalue weighted by Gasteiger charge is -2.23. The number of hydrogen-bond donors (Lipinski definition) is 0. The van der Waals surface area contributed by atoms with Crippen molar-refractivity contribution in [2.45, 2.75) is 24.5 Å². The molecule has 1 fully saturated rings. The molecule has 3 aromatic rings. The van der Waals surface area contributed by atoms with Crippen LogP contribution in [0.1, 0.15) is 23.6 Å². The van der Waals surface area contributed by atoms with Crippen molar-refractivity contribution in [3.63, 3.8) is 0 Å². The number of halogens is 1. The first-order chi connectivity index (χ1) is 13.4. The van der Waals surface area contributed by atoms with Gasteiger partial charge in [0.1, 0.15) is 11.1 Å². The largest absolute Gasteiger partial charge is 0.295 e. The van der Waals surface area contributed by atoms with Crippen LogP contribution in [0.4, 0.5) is 5.69 Å². The molecule has 2 heterocycles. The molecule has 1 amide bonds. The van der Waals surface area contributed by atoms with Crippen LogP contribution < -0.4 is 10.5 Å². The Bertz CT molecular complexity index is 1110. The van der Waals surface area contributed by atoms with E-state index in [1.54, 1.807) is 20.3 Å². The third-order valence-corrected chi connectivity index (χ3v) is 6.64. The fourth-order valence-electron chi connectivity index (χ4n) is 3.57. The van der Waals surface area contributed by atoms with Gasteiger partial charge in [-0.05, 0) is 43.7 Å². The first kappa shape index (κ1) is 18.9. The number of carbonyl (C=O) groups excluding carboxylic acids is 1. The SMILES string of the molecule is Cc1c(N2C(=O)[C@H](C)S[C@@H]2c2cccc(Cl)c2)c(=O)n(-c2ccccc2)n1C. The van der Waals surface area contributed by atoms with E-state index in [-0.39, 0.29) is 22.1 Å². The predicted molar refractivity (Wildman–Crippen MR) is 114 cm³/mol. The van der Waals surface area contributed by atoms with Crippen molar-refractivity contribution in [3.05, 3.63) is 81.2 Å². The van der Waals surface area contributed by atoms with Gasteiger partial charge in [0.15, 0.2) is 0 Å². The minimum atomic E-state index is -0.292. The van der Waals surface area contributed by atoms with Crippen LogP contribution in [0.3, 0.4) is 0 Å². The molecule has 1 aliphatic rings. The van der Waals surface area contributed by atoms with Gasteiger partial charge in [-0.3, -0.25) is 19.2 Å². The number of anilines is 1. The van der Waals surface area contributed by atoms with Gasteiger partial charge in [-0.15, -0.1) is 11.8 Å².